The number of nitrogens with zero attached hydrogens (tertiary/aromatic N) is 2. The van der Waals surface area contributed by atoms with Crippen LogP contribution in [0, 0.1) is 6.92 Å². The number of thioether (sulfide) groups is 1. The van der Waals surface area contributed by atoms with Crippen molar-refractivity contribution < 1.29 is 19.1 Å². The summed E-state index contributed by atoms with van der Waals surface area (Å²) in [7, 11) is 0. The first-order valence-electron chi connectivity index (χ1n) is 12.5. The molecule has 0 unspecified atom stereocenters. The van der Waals surface area contributed by atoms with Crippen molar-refractivity contribution in [2.45, 2.75) is 20.4 Å². The number of nitrogens with one attached hydrogen (secondary N) is 1. The Labute approximate surface area is 245 Å². The molecule has 1 saturated heterocycles. The summed E-state index contributed by atoms with van der Waals surface area (Å²) >= 11 is 13.4. The zero-order valence-corrected chi connectivity index (χ0v) is 24.1. The summed E-state index contributed by atoms with van der Waals surface area (Å²) in [5, 5.41) is 4.29. The SMILES string of the molecule is CCOc1ccc(NC(=O)CN2C(=O)S/C(=C/c3c(C)n(Cc4ccc(Cl)cc4Cl)c4ccccc34)C2=O)cc1. The fraction of sp³-hybridized carbons (Fsp3) is 0.167. The maximum absolute atomic E-state index is 13.2. The summed E-state index contributed by atoms with van der Waals surface area (Å²) in [4.78, 5) is 39.8. The number of anilines is 1. The van der Waals surface area contributed by atoms with Gasteiger partial charge in [-0.1, -0.05) is 47.5 Å². The van der Waals surface area contributed by atoms with Crippen LogP contribution in [0.4, 0.5) is 10.5 Å². The average molecular weight is 595 g/mol. The number of amides is 3. The average Bonchev–Trinajstić information content (AvgIpc) is 3.34. The summed E-state index contributed by atoms with van der Waals surface area (Å²) in [6.07, 6.45) is 1.73. The fourth-order valence-electron chi connectivity index (χ4n) is 4.58. The molecule has 1 aliphatic rings. The van der Waals surface area contributed by atoms with Crippen molar-refractivity contribution in [2.75, 3.05) is 18.5 Å². The van der Waals surface area contributed by atoms with Crippen molar-refractivity contribution in [3.8, 4) is 5.75 Å². The summed E-state index contributed by atoms with van der Waals surface area (Å²) in [6, 6.07) is 20.1. The Hall–Kier alpha value is -3.72. The predicted octanol–water partition coefficient (Wildman–Crippen LogP) is 7.38. The lowest BCUT2D eigenvalue weighted by atomic mass is 10.1. The quantitative estimate of drug-likeness (QED) is 0.216. The molecule has 4 aromatic rings. The van der Waals surface area contributed by atoms with Crippen LogP contribution < -0.4 is 10.1 Å². The third-order valence-electron chi connectivity index (χ3n) is 6.52. The molecule has 1 fully saturated rings. The Morgan fingerprint density at radius 2 is 1.80 bits per heavy atom. The van der Waals surface area contributed by atoms with Gasteiger partial charge in [0.25, 0.3) is 11.1 Å². The number of carbonyl (C=O) groups excluding carboxylic acids is 3. The lowest BCUT2D eigenvalue weighted by molar-refractivity contribution is -0.127. The van der Waals surface area contributed by atoms with Gasteiger partial charge in [-0.2, -0.15) is 0 Å². The lowest BCUT2D eigenvalue weighted by Crippen LogP contribution is -2.36. The lowest BCUT2D eigenvalue weighted by Gasteiger charge is -2.13. The first kappa shape index (κ1) is 27.8. The Kier molecular flexibility index (Phi) is 8.21. The normalized spacial score (nSPS) is 14.4. The molecule has 40 heavy (non-hydrogen) atoms. The highest BCUT2D eigenvalue weighted by Crippen LogP contribution is 2.36. The van der Waals surface area contributed by atoms with E-state index in [2.05, 4.69) is 9.88 Å². The smallest absolute Gasteiger partial charge is 0.294 e. The maximum Gasteiger partial charge on any atom is 0.294 e. The summed E-state index contributed by atoms with van der Waals surface area (Å²) in [5.74, 6) is -0.293. The van der Waals surface area contributed by atoms with E-state index in [0.29, 0.717) is 34.6 Å². The first-order chi connectivity index (χ1) is 19.2. The van der Waals surface area contributed by atoms with Crippen LogP contribution >= 0.6 is 35.0 Å². The third-order valence-corrected chi connectivity index (χ3v) is 8.02. The van der Waals surface area contributed by atoms with E-state index < -0.39 is 17.1 Å². The largest absolute Gasteiger partial charge is 0.494 e. The molecule has 2 heterocycles. The summed E-state index contributed by atoms with van der Waals surface area (Å²) < 4.78 is 7.52. The molecule has 0 saturated carbocycles. The van der Waals surface area contributed by atoms with Crippen molar-refractivity contribution in [2.24, 2.45) is 0 Å². The zero-order valence-electron chi connectivity index (χ0n) is 21.7. The number of para-hydroxylation sites is 1. The number of imide groups is 1. The monoisotopic (exact) mass is 593 g/mol. The van der Waals surface area contributed by atoms with E-state index in [1.165, 1.54) is 0 Å². The zero-order chi connectivity index (χ0) is 28.4. The van der Waals surface area contributed by atoms with Gasteiger partial charge in [0.05, 0.1) is 11.5 Å². The topological polar surface area (TPSA) is 80.6 Å². The molecule has 1 aromatic heterocycles. The molecule has 1 N–H and O–H groups in total. The van der Waals surface area contributed by atoms with E-state index in [0.717, 1.165) is 44.4 Å². The van der Waals surface area contributed by atoms with Crippen molar-refractivity contribution in [1.82, 2.24) is 9.47 Å². The molecule has 0 atom stereocenters. The molecule has 1 aliphatic heterocycles. The van der Waals surface area contributed by atoms with Crippen molar-refractivity contribution >= 4 is 74.7 Å². The van der Waals surface area contributed by atoms with Gasteiger partial charge in [-0.15, -0.1) is 0 Å². The molecular formula is C30H25Cl2N3O4S. The number of rotatable bonds is 8. The minimum absolute atomic E-state index is 0.259. The van der Waals surface area contributed by atoms with Gasteiger partial charge in [0.1, 0.15) is 12.3 Å². The van der Waals surface area contributed by atoms with Gasteiger partial charge in [-0.3, -0.25) is 19.3 Å². The van der Waals surface area contributed by atoms with Gasteiger partial charge >= 0.3 is 0 Å². The van der Waals surface area contributed by atoms with Crippen LogP contribution in [-0.4, -0.2) is 39.7 Å². The van der Waals surface area contributed by atoms with Gasteiger partial charge in [0.2, 0.25) is 5.91 Å². The Bertz CT molecular complexity index is 1660. The minimum Gasteiger partial charge on any atom is -0.494 e. The highest BCUT2D eigenvalue weighted by Gasteiger charge is 2.36. The number of aromatic nitrogens is 1. The van der Waals surface area contributed by atoms with E-state index in [9.17, 15) is 14.4 Å². The number of benzene rings is 3. The van der Waals surface area contributed by atoms with E-state index in [1.807, 2.05) is 44.2 Å². The highest BCUT2D eigenvalue weighted by molar-refractivity contribution is 8.18. The Morgan fingerprint density at radius 1 is 1.05 bits per heavy atom. The molecule has 3 aromatic carbocycles. The molecule has 204 valence electrons. The van der Waals surface area contributed by atoms with Crippen molar-refractivity contribution in [3.05, 3.63) is 98.5 Å². The summed E-state index contributed by atoms with van der Waals surface area (Å²) in [5.41, 5.74) is 4.14. The number of hydrogen-bond donors (Lipinski definition) is 1. The molecule has 5 rings (SSSR count). The number of ether oxygens (including phenoxy) is 1. The second kappa shape index (κ2) is 11.8. The van der Waals surface area contributed by atoms with Crippen LogP contribution in [0.5, 0.6) is 5.75 Å². The molecule has 0 aliphatic carbocycles. The van der Waals surface area contributed by atoms with E-state index in [4.69, 9.17) is 27.9 Å². The minimum atomic E-state index is -0.506. The van der Waals surface area contributed by atoms with Gasteiger partial charge in [0.15, 0.2) is 0 Å². The van der Waals surface area contributed by atoms with Crippen LogP contribution in [-0.2, 0) is 16.1 Å². The van der Waals surface area contributed by atoms with Crippen LogP contribution in [0.25, 0.3) is 17.0 Å². The van der Waals surface area contributed by atoms with Crippen LogP contribution in [0.3, 0.4) is 0 Å². The summed E-state index contributed by atoms with van der Waals surface area (Å²) in [6.45, 7) is 4.50. The molecular weight excluding hydrogens is 569 g/mol. The molecule has 0 bridgehead atoms. The van der Waals surface area contributed by atoms with Gasteiger partial charge < -0.3 is 14.6 Å². The number of carbonyl (C=O) groups is 3. The maximum atomic E-state index is 13.2. The van der Waals surface area contributed by atoms with E-state index >= 15 is 0 Å². The molecule has 10 heteroatoms. The van der Waals surface area contributed by atoms with Crippen molar-refractivity contribution in [1.29, 1.82) is 0 Å². The second-order valence-electron chi connectivity index (χ2n) is 9.11. The fourth-order valence-corrected chi connectivity index (χ4v) is 5.86. The highest BCUT2D eigenvalue weighted by atomic mass is 35.5. The number of fused-ring (bicyclic) bond motifs is 1. The van der Waals surface area contributed by atoms with Crippen LogP contribution in [0.15, 0.2) is 71.6 Å². The van der Waals surface area contributed by atoms with E-state index in [1.54, 1.807) is 42.5 Å². The van der Waals surface area contributed by atoms with Crippen LogP contribution in [0.1, 0.15) is 23.7 Å². The van der Waals surface area contributed by atoms with Gasteiger partial charge in [-0.05, 0) is 79.7 Å². The van der Waals surface area contributed by atoms with Crippen molar-refractivity contribution in [3.63, 3.8) is 0 Å². The van der Waals surface area contributed by atoms with Crippen LogP contribution in [0.2, 0.25) is 10.0 Å². The Balaban J connectivity index is 1.38. The van der Waals surface area contributed by atoms with E-state index in [-0.39, 0.29) is 11.4 Å². The molecule has 0 radical (unpaired) electrons. The third kappa shape index (κ3) is 5.75. The second-order valence-corrected chi connectivity index (χ2v) is 10.9. The Morgan fingerprint density at radius 3 is 2.52 bits per heavy atom. The standard InChI is InChI=1S/C30H25Cl2N3O4S/c1-3-39-22-12-10-21(11-13-22)33-28(36)17-35-29(37)27(40-30(35)38)15-24-18(2)34(26-7-5-4-6-23(24)26)16-19-8-9-20(31)14-25(19)32/h4-15H,3,16-17H2,1-2H3,(H,33,36)/b27-15+. The first-order valence-corrected chi connectivity index (χ1v) is 14.1. The number of halogens is 2. The molecule has 7 nitrogen and oxygen atoms in total. The molecule has 3 amide bonds. The predicted molar refractivity (Wildman–Crippen MR) is 161 cm³/mol. The van der Waals surface area contributed by atoms with Gasteiger partial charge in [0, 0.05) is 44.4 Å². The molecule has 0 spiro atoms. The number of hydrogen-bond acceptors (Lipinski definition) is 5. The van der Waals surface area contributed by atoms with Gasteiger partial charge in [-0.25, -0.2) is 0 Å².